The lowest BCUT2D eigenvalue weighted by molar-refractivity contribution is 0.355. The van der Waals surface area contributed by atoms with E-state index in [4.69, 9.17) is 9.47 Å². The second kappa shape index (κ2) is 9.90. The Hall–Kier alpha value is -3.84. The van der Waals surface area contributed by atoms with E-state index < -0.39 is 21.7 Å². The van der Waals surface area contributed by atoms with Crippen LogP contribution in [0.1, 0.15) is 6.42 Å². The van der Waals surface area contributed by atoms with Crippen molar-refractivity contribution in [3.05, 3.63) is 60.6 Å². The average Bonchev–Trinajstić information content (AvgIpc) is 3.25. The molecule has 13 heteroatoms. The Morgan fingerprint density at radius 2 is 1.70 bits per heavy atom. The SMILES string of the molecule is COc1ccc(-c2cnc3ncnn3c2N2CCCN(S(=O)(=O)c3ccc(F)c(F)c3)CC2)cc1OC. The summed E-state index contributed by atoms with van der Waals surface area (Å²) >= 11 is 0. The van der Waals surface area contributed by atoms with E-state index >= 15 is 0 Å². The van der Waals surface area contributed by atoms with Crippen LogP contribution in [0.25, 0.3) is 16.9 Å². The highest BCUT2D eigenvalue weighted by Crippen LogP contribution is 2.37. The van der Waals surface area contributed by atoms with Crippen molar-refractivity contribution in [2.75, 3.05) is 45.3 Å². The van der Waals surface area contributed by atoms with Crippen LogP contribution in [0.15, 0.2) is 53.8 Å². The van der Waals surface area contributed by atoms with E-state index in [1.165, 1.54) is 10.6 Å². The summed E-state index contributed by atoms with van der Waals surface area (Å²) in [5.74, 6) is -0.0862. The Kier molecular flexibility index (Phi) is 6.65. The van der Waals surface area contributed by atoms with E-state index in [1.54, 1.807) is 31.0 Å². The highest BCUT2D eigenvalue weighted by Gasteiger charge is 2.29. The first-order valence-electron chi connectivity index (χ1n) is 11.4. The number of methoxy groups -OCH3 is 2. The van der Waals surface area contributed by atoms with Gasteiger partial charge in [-0.1, -0.05) is 6.07 Å². The Morgan fingerprint density at radius 1 is 0.892 bits per heavy atom. The van der Waals surface area contributed by atoms with Crippen molar-refractivity contribution in [3.63, 3.8) is 0 Å². The number of sulfonamides is 1. The van der Waals surface area contributed by atoms with Crippen molar-refractivity contribution in [3.8, 4) is 22.6 Å². The zero-order chi connectivity index (χ0) is 26.2. The molecule has 194 valence electrons. The van der Waals surface area contributed by atoms with E-state index in [9.17, 15) is 17.2 Å². The first kappa shape index (κ1) is 24.8. The molecule has 1 saturated heterocycles. The fraction of sp³-hybridized carbons (Fsp3) is 0.292. The standard InChI is InChI=1S/C24H24F2N6O4S/c1-35-21-7-4-16(12-22(21)36-2)18-14-27-24-28-15-29-32(24)23(18)30-8-3-9-31(11-10-30)37(33,34)17-5-6-19(25)20(26)13-17/h4-7,12-15H,3,8-11H2,1-2H3. The molecule has 0 spiro atoms. The van der Waals surface area contributed by atoms with Gasteiger partial charge in [-0.25, -0.2) is 22.2 Å². The van der Waals surface area contributed by atoms with Gasteiger partial charge in [-0.15, -0.1) is 0 Å². The van der Waals surface area contributed by atoms with Crippen LogP contribution in [0.4, 0.5) is 14.6 Å². The monoisotopic (exact) mass is 530 g/mol. The molecule has 1 aliphatic rings. The summed E-state index contributed by atoms with van der Waals surface area (Å²) in [6.07, 6.45) is 3.59. The van der Waals surface area contributed by atoms with Gasteiger partial charge < -0.3 is 14.4 Å². The van der Waals surface area contributed by atoms with Crippen LogP contribution in [-0.2, 0) is 10.0 Å². The number of hydrogen-bond acceptors (Lipinski definition) is 8. The van der Waals surface area contributed by atoms with Gasteiger partial charge in [0.05, 0.1) is 19.1 Å². The van der Waals surface area contributed by atoms with Crippen LogP contribution in [-0.4, -0.2) is 72.7 Å². The number of anilines is 1. The van der Waals surface area contributed by atoms with Gasteiger partial charge in [0, 0.05) is 37.9 Å². The molecule has 10 nitrogen and oxygen atoms in total. The van der Waals surface area contributed by atoms with Gasteiger partial charge >= 0.3 is 0 Å². The minimum absolute atomic E-state index is 0.130. The molecule has 0 saturated carbocycles. The van der Waals surface area contributed by atoms with Gasteiger partial charge in [-0.2, -0.15) is 18.9 Å². The maximum atomic E-state index is 13.8. The first-order chi connectivity index (χ1) is 17.8. The van der Waals surface area contributed by atoms with Gasteiger partial charge in [0.25, 0.3) is 5.78 Å². The molecule has 0 N–H and O–H groups in total. The summed E-state index contributed by atoms with van der Waals surface area (Å²) in [5.41, 5.74) is 1.55. The molecular formula is C24H24F2N6O4S. The third-order valence-corrected chi connectivity index (χ3v) is 8.15. The van der Waals surface area contributed by atoms with E-state index in [0.717, 1.165) is 23.3 Å². The molecule has 37 heavy (non-hydrogen) atoms. The smallest absolute Gasteiger partial charge is 0.254 e. The quantitative estimate of drug-likeness (QED) is 0.375. The van der Waals surface area contributed by atoms with Gasteiger partial charge in [0.2, 0.25) is 10.0 Å². The van der Waals surface area contributed by atoms with E-state index in [2.05, 4.69) is 15.1 Å². The van der Waals surface area contributed by atoms with Crippen molar-refractivity contribution in [1.82, 2.24) is 23.9 Å². The minimum atomic E-state index is -4.02. The molecule has 2 aromatic heterocycles. The lowest BCUT2D eigenvalue weighted by Crippen LogP contribution is -2.36. The van der Waals surface area contributed by atoms with Crippen LogP contribution in [0.5, 0.6) is 11.5 Å². The van der Waals surface area contributed by atoms with Crippen molar-refractivity contribution in [2.45, 2.75) is 11.3 Å². The predicted molar refractivity (Wildman–Crippen MR) is 131 cm³/mol. The third-order valence-electron chi connectivity index (χ3n) is 6.26. The van der Waals surface area contributed by atoms with E-state index in [1.807, 2.05) is 17.0 Å². The number of aromatic nitrogens is 4. The van der Waals surface area contributed by atoms with Crippen LogP contribution in [0, 0.1) is 11.6 Å². The predicted octanol–water partition coefficient (Wildman–Crippen LogP) is 2.99. The number of halogens is 2. The van der Waals surface area contributed by atoms with Crippen LogP contribution in [0.2, 0.25) is 0 Å². The summed E-state index contributed by atoms with van der Waals surface area (Å²) in [7, 11) is -0.906. The molecule has 4 aromatic rings. The van der Waals surface area contributed by atoms with Crippen LogP contribution >= 0.6 is 0 Å². The van der Waals surface area contributed by atoms with Gasteiger partial charge in [-0.3, -0.25) is 0 Å². The molecule has 2 aromatic carbocycles. The summed E-state index contributed by atoms with van der Waals surface area (Å²) in [6, 6.07) is 8.11. The average molecular weight is 531 g/mol. The Morgan fingerprint density at radius 3 is 2.46 bits per heavy atom. The molecule has 1 fully saturated rings. The first-order valence-corrected chi connectivity index (χ1v) is 12.9. The van der Waals surface area contributed by atoms with Crippen molar-refractivity contribution >= 4 is 21.6 Å². The summed E-state index contributed by atoms with van der Waals surface area (Å²) in [6.45, 7) is 1.19. The molecule has 0 amide bonds. The van der Waals surface area contributed by atoms with Crippen molar-refractivity contribution < 1.29 is 26.7 Å². The van der Waals surface area contributed by atoms with E-state index in [0.29, 0.717) is 48.7 Å². The maximum absolute atomic E-state index is 13.8. The van der Waals surface area contributed by atoms with Gasteiger partial charge in [0.1, 0.15) is 12.1 Å². The fourth-order valence-corrected chi connectivity index (χ4v) is 5.89. The number of ether oxygens (including phenoxy) is 2. The Labute approximate surface area is 212 Å². The number of rotatable bonds is 6. The zero-order valence-electron chi connectivity index (χ0n) is 20.1. The lowest BCUT2D eigenvalue weighted by Gasteiger charge is -2.26. The Balaban J connectivity index is 1.51. The normalized spacial score (nSPS) is 15.1. The number of nitrogens with zero attached hydrogens (tertiary/aromatic N) is 6. The minimum Gasteiger partial charge on any atom is -0.493 e. The van der Waals surface area contributed by atoms with Gasteiger partial charge in [0.15, 0.2) is 23.1 Å². The topological polar surface area (TPSA) is 102 Å². The second-order valence-corrected chi connectivity index (χ2v) is 10.3. The second-order valence-electron chi connectivity index (χ2n) is 8.36. The molecule has 0 atom stereocenters. The largest absolute Gasteiger partial charge is 0.493 e. The maximum Gasteiger partial charge on any atom is 0.254 e. The molecule has 5 rings (SSSR count). The molecular weight excluding hydrogens is 506 g/mol. The van der Waals surface area contributed by atoms with Crippen LogP contribution < -0.4 is 14.4 Å². The summed E-state index contributed by atoms with van der Waals surface area (Å²) < 4.78 is 67.3. The highest BCUT2D eigenvalue weighted by atomic mass is 32.2. The molecule has 0 radical (unpaired) electrons. The Bertz CT molecular complexity index is 1560. The molecule has 0 unspecified atom stereocenters. The molecule has 1 aliphatic heterocycles. The van der Waals surface area contributed by atoms with E-state index in [-0.39, 0.29) is 18.0 Å². The van der Waals surface area contributed by atoms with Gasteiger partial charge in [-0.05, 0) is 42.3 Å². The zero-order valence-corrected chi connectivity index (χ0v) is 21.0. The summed E-state index contributed by atoms with van der Waals surface area (Å²) in [5, 5.41) is 4.36. The third kappa shape index (κ3) is 4.55. The molecule has 0 bridgehead atoms. The van der Waals surface area contributed by atoms with Crippen molar-refractivity contribution in [2.24, 2.45) is 0 Å². The fourth-order valence-electron chi connectivity index (χ4n) is 4.41. The number of hydrogen-bond donors (Lipinski definition) is 0. The summed E-state index contributed by atoms with van der Waals surface area (Å²) in [4.78, 5) is 10.4. The molecule has 3 heterocycles. The number of benzene rings is 2. The molecule has 0 aliphatic carbocycles. The van der Waals surface area contributed by atoms with Crippen LogP contribution in [0.3, 0.4) is 0 Å². The lowest BCUT2D eigenvalue weighted by atomic mass is 10.1. The number of fused-ring (bicyclic) bond motifs is 1. The highest BCUT2D eigenvalue weighted by molar-refractivity contribution is 7.89. The van der Waals surface area contributed by atoms with Crippen molar-refractivity contribution in [1.29, 1.82) is 0 Å².